The van der Waals surface area contributed by atoms with Gasteiger partial charge in [-0.2, -0.15) is 9.13 Å². The highest BCUT2D eigenvalue weighted by atomic mass is 35.5. The van der Waals surface area contributed by atoms with Gasteiger partial charge in [-0.05, 0) is 50.2 Å². The van der Waals surface area contributed by atoms with Crippen molar-refractivity contribution in [1.82, 2.24) is 19.4 Å². The predicted octanol–water partition coefficient (Wildman–Crippen LogP) is 3.12. The van der Waals surface area contributed by atoms with Crippen LogP contribution in [-0.4, -0.2) is 33.5 Å². The summed E-state index contributed by atoms with van der Waals surface area (Å²) in [6.07, 6.45) is 8.02. The van der Waals surface area contributed by atoms with E-state index in [0.29, 0.717) is 52.2 Å². The molecule has 0 amide bonds. The number of hydrogen-bond donors (Lipinski definition) is 0. The monoisotopic (exact) mass is 1200 g/mol. The lowest BCUT2D eigenvalue weighted by Gasteiger charge is -2.12. The second-order valence-electron chi connectivity index (χ2n) is 17.4. The van der Waals surface area contributed by atoms with E-state index in [0.717, 1.165) is 86.3 Å². The molecule has 2 aliphatic heterocycles. The van der Waals surface area contributed by atoms with E-state index in [9.17, 15) is 18.4 Å². The van der Waals surface area contributed by atoms with Crippen molar-refractivity contribution in [1.29, 1.82) is 0 Å². The third-order valence-corrected chi connectivity index (χ3v) is 18.7. The van der Waals surface area contributed by atoms with Crippen LogP contribution >= 0.6 is 69.1 Å². The molecule has 0 unspecified atom stereocenters. The summed E-state index contributed by atoms with van der Waals surface area (Å²) in [5.41, 5.74) is 5.88. The first-order valence-electron chi connectivity index (χ1n) is 24.0. The molecular weight excluding hydrogens is 1150 g/mol. The highest BCUT2D eigenvalue weighted by Gasteiger charge is 2.30. The van der Waals surface area contributed by atoms with E-state index in [2.05, 4.69) is 25.9 Å². The topological polar surface area (TPSA) is 110 Å². The van der Waals surface area contributed by atoms with Gasteiger partial charge < -0.3 is 43.7 Å². The molecule has 6 aromatic heterocycles. The number of thiazole rings is 3. The Morgan fingerprint density at radius 3 is 1.82 bits per heavy atom. The van der Waals surface area contributed by atoms with Crippen molar-refractivity contribution in [2.24, 2.45) is 0 Å². The van der Waals surface area contributed by atoms with E-state index in [1.807, 2.05) is 163 Å². The SMILES string of the molecule is CCn1c(=O)/c(=C2\Sc3c(ccc(F)c3F)N2C)s/c1=C\c1cccc[n+]1Cc1cc(-c2ccccc2)no1.CCn1c(=O)/c(=C2\Sc3ccc(Cl)cc3N2C)s/c1=C\c1scc[n+]1Cc1cc(-c2ccccc2)no1.[Cl-].[Cl-]. The summed E-state index contributed by atoms with van der Waals surface area (Å²) in [5, 5.41) is 13.7. The van der Waals surface area contributed by atoms with Gasteiger partial charge >= 0.3 is 0 Å². The minimum absolute atomic E-state index is 0. The maximum Gasteiger partial charge on any atom is 0.271 e. The molecule has 0 bridgehead atoms. The molecule has 22 heteroatoms. The molecule has 0 fully saturated rings. The second-order valence-corrected chi connectivity index (χ2v) is 22.8. The Morgan fingerprint density at radius 2 is 1.21 bits per heavy atom. The molecule has 398 valence electrons. The molecule has 0 saturated heterocycles. The van der Waals surface area contributed by atoms with Gasteiger partial charge in [0.15, 0.2) is 24.0 Å². The van der Waals surface area contributed by atoms with E-state index >= 15 is 0 Å². The van der Waals surface area contributed by atoms with Crippen molar-refractivity contribution in [2.45, 2.75) is 49.8 Å². The van der Waals surface area contributed by atoms with Gasteiger partial charge in [-0.25, -0.2) is 8.78 Å². The molecule has 78 heavy (non-hydrogen) atoms. The Morgan fingerprint density at radius 1 is 0.641 bits per heavy atom. The lowest BCUT2D eigenvalue weighted by Crippen LogP contribution is -3.00. The van der Waals surface area contributed by atoms with Crippen LogP contribution < -0.4 is 73.3 Å². The summed E-state index contributed by atoms with van der Waals surface area (Å²) in [5.74, 6) is -0.330. The Balaban J connectivity index is 0.000000185. The maximum atomic E-state index is 14.5. The number of benzene rings is 4. The quantitative estimate of drug-likeness (QED) is 0.190. The maximum absolute atomic E-state index is 14.5. The third kappa shape index (κ3) is 11.2. The predicted molar refractivity (Wildman–Crippen MR) is 301 cm³/mol. The molecule has 4 aromatic carbocycles. The fourth-order valence-corrected chi connectivity index (χ4v) is 14.7. The van der Waals surface area contributed by atoms with Gasteiger partial charge in [-0.3, -0.25) is 18.7 Å². The summed E-state index contributed by atoms with van der Waals surface area (Å²) < 4.78 is 50.2. The fraction of sp³-hybridized carbons (Fsp3) is 0.143. The first-order chi connectivity index (χ1) is 37.0. The van der Waals surface area contributed by atoms with Gasteiger partial charge in [0.2, 0.25) is 30.3 Å². The highest BCUT2D eigenvalue weighted by Crippen LogP contribution is 2.48. The van der Waals surface area contributed by atoms with Crippen molar-refractivity contribution in [2.75, 3.05) is 23.9 Å². The van der Waals surface area contributed by atoms with Gasteiger partial charge in [-0.1, -0.05) is 117 Å². The molecule has 12 rings (SSSR count). The number of anilines is 2. The van der Waals surface area contributed by atoms with Crippen molar-refractivity contribution >= 4 is 103 Å². The van der Waals surface area contributed by atoms with Crippen LogP contribution in [0.15, 0.2) is 168 Å². The molecular formula is C56H45Cl3F2N8O4S5. The fourth-order valence-electron chi connectivity index (χ4n) is 8.77. The van der Waals surface area contributed by atoms with Crippen molar-refractivity contribution in [3.05, 3.63) is 217 Å². The summed E-state index contributed by atoms with van der Waals surface area (Å²) in [6.45, 7) is 5.98. The van der Waals surface area contributed by atoms with Crippen molar-refractivity contribution in [3.8, 4) is 22.5 Å². The van der Waals surface area contributed by atoms with Gasteiger partial charge in [-0.15, -0.1) is 22.7 Å². The zero-order chi connectivity index (χ0) is 52.6. The lowest BCUT2D eigenvalue weighted by atomic mass is 10.1. The molecule has 0 spiro atoms. The Kier molecular flexibility index (Phi) is 17.4. The number of halogens is 5. The summed E-state index contributed by atoms with van der Waals surface area (Å²) in [6, 6.07) is 38.0. The number of thioether (sulfide) groups is 2. The number of fused-ring (bicyclic) bond motifs is 2. The first kappa shape index (κ1) is 56.2. The molecule has 0 atom stereocenters. The summed E-state index contributed by atoms with van der Waals surface area (Å²) in [4.78, 5) is 32.0. The molecule has 8 heterocycles. The van der Waals surface area contributed by atoms with Gasteiger partial charge in [0.05, 0.1) is 27.7 Å². The number of pyridine rings is 1. The number of aromatic nitrogens is 6. The Hall–Kier alpha value is -6.55. The summed E-state index contributed by atoms with van der Waals surface area (Å²) >= 11 is 13.4. The average Bonchev–Trinajstić information content (AvgIpc) is 4.36. The second kappa shape index (κ2) is 24.2. The van der Waals surface area contributed by atoms with Crippen LogP contribution in [0.25, 0.3) is 44.7 Å². The van der Waals surface area contributed by atoms with Crippen LogP contribution in [0, 0.1) is 11.6 Å². The van der Waals surface area contributed by atoms with Crippen molar-refractivity contribution < 1.29 is 51.8 Å². The Bertz CT molecular complexity index is 4220. The van der Waals surface area contributed by atoms with E-state index in [1.165, 1.54) is 28.7 Å². The highest BCUT2D eigenvalue weighted by molar-refractivity contribution is 8.09. The number of nitrogens with zero attached hydrogens (tertiary/aromatic N) is 8. The van der Waals surface area contributed by atoms with Crippen LogP contribution in [0.1, 0.15) is 36.1 Å². The molecule has 2 aliphatic rings. The van der Waals surface area contributed by atoms with Gasteiger partial charge in [0.25, 0.3) is 16.1 Å². The summed E-state index contributed by atoms with van der Waals surface area (Å²) in [7, 11) is 3.74. The third-order valence-electron chi connectivity index (χ3n) is 12.6. The average molecular weight is 1200 g/mol. The van der Waals surface area contributed by atoms with Gasteiger partial charge in [0, 0.05) is 78.6 Å². The Labute approximate surface area is 483 Å². The van der Waals surface area contributed by atoms with Crippen LogP contribution in [0.4, 0.5) is 20.2 Å². The van der Waals surface area contributed by atoms with Gasteiger partial charge in [0.1, 0.15) is 39.8 Å². The zero-order valence-corrected chi connectivity index (χ0v) is 48.3. The number of hydrogen-bond acceptors (Lipinski definition) is 13. The molecule has 10 aromatic rings. The van der Waals surface area contributed by atoms with Crippen LogP contribution in [-0.2, 0) is 26.2 Å². The molecule has 0 N–H and O–H groups in total. The first-order valence-corrected chi connectivity index (χ1v) is 28.5. The van der Waals surface area contributed by atoms with E-state index in [1.54, 1.807) is 39.6 Å². The zero-order valence-electron chi connectivity index (χ0n) is 41.9. The minimum atomic E-state index is -0.904. The van der Waals surface area contributed by atoms with E-state index in [4.69, 9.17) is 20.6 Å². The van der Waals surface area contributed by atoms with Crippen LogP contribution in [0.3, 0.4) is 0 Å². The normalized spacial score (nSPS) is 14.5. The molecule has 0 aliphatic carbocycles. The molecule has 0 radical (unpaired) electrons. The van der Waals surface area contributed by atoms with Crippen LogP contribution in [0.2, 0.25) is 5.02 Å². The smallest absolute Gasteiger partial charge is 0.271 e. The van der Waals surface area contributed by atoms with Crippen LogP contribution in [0.5, 0.6) is 0 Å². The lowest BCUT2D eigenvalue weighted by molar-refractivity contribution is -0.691. The minimum Gasteiger partial charge on any atom is -1.00 e. The molecule has 0 saturated carbocycles. The van der Waals surface area contributed by atoms with Crippen molar-refractivity contribution in [3.63, 3.8) is 0 Å². The van der Waals surface area contributed by atoms with E-state index < -0.39 is 11.6 Å². The largest absolute Gasteiger partial charge is 1.00 e. The standard InChI is InChI=1S/C29H23F2N4O2S2.C27H22ClN4O2S3.2ClH/c1-3-35-24(38-27(28(35)36)29-33(2)23-13-12-21(30)25(31)26(23)39-29)15-19-11-7-8-14-34(19)17-20-16-22(32-37-20)18-9-5-4-6-10-18;1-3-32-24(37-25(26(32)33)27-30(2)21-13-18(28)9-10-22(21)36-27)15-23-31(11-12-35-23)16-19-14-20(29-34-19)17-7-5-4-6-8-17;;/h4-16H,3,17H2,1-2H3;4-15H,3,16H2,1-2H3;2*1H/q2*+1;;/p-2/b29-27+;27-25+;;. The van der Waals surface area contributed by atoms with E-state index in [-0.39, 0.29) is 40.8 Å². The number of rotatable bonds is 10. The molecule has 12 nitrogen and oxygen atoms in total.